The molecule has 0 aliphatic carbocycles. The average Bonchev–Trinajstić information content (AvgIpc) is 3.02. The zero-order chi connectivity index (χ0) is 32.3. The molecule has 0 saturated heterocycles. The minimum atomic E-state index is -4.63. The fraction of sp³-hybridized carbons (Fsp3) is 0.125. The molecule has 0 fully saturated rings. The maximum atomic E-state index is 13.3. The van der Waals surface area contributed by atoms with Gasteiger partial charge in [-0.05, 0) is 53.6 Å². The van der Waals surface area contributed by atoms with Crippen molar-refractivity contribution >= 4 is 17.4 Å². The summed E-state index contributed by atoms with van der Waals surface area (Å²) in [5, 5.41) is 2.55. The molecular formula is C32H25F4N5O4. The van der Waals surface area contributed by atoms with Crippen LogP contribution in [-0.4, -0.2) is 40.8 Å². The molecule has 0 radical (unpaired) electrons. The Morgan fingerprint density at radius 2 is 1.51 bits per heavy atom. The van der Waals surface area contributed by atoms with Crippen LogP contribution in [0.5, 0.6) is 11.5 Å². The van der Waals surface area contributed by atoms with Gasteiger partial charge in [0, 0.05) is 52.7 Å². The Morgan fingerprint density at radius 3 is 2.16 bits per heavy atom. The Bertz CT molecular complexity index is 1930. The smallest absolute Gasteiger partial charge is 0.406 e. The molecule has 0 aliphatic heterocycles. The molecule has 3 N–H and O–H groups in total. The Labute approximate surface area is 253 Å². The van der Waals surface area contributed by atoms with Crippen molar-refractivity contribution in [2.75, 3.05) is 25.3 Å². The summed E-state index contributed by atoms with van der Waals surface area (Å²) in [6.07, 6.45) is -0.233. The van der Waals surface area contributed by atoms with Gasteiger partial charge in [0.05, 0.1) is 14.2 Å². The van der Waals surface area contributed by atoms with Gasteiger partial charge < -0.3 is 25.1 Å². The van der Waals surface area contributed by atoms with Crippen LogP contribution in [0, 0.1) is 5.95 Å². The van der Waals surface area contributed by atoms with Gasteiger partial charge in [0.2, 0.25) is 11.4 Å². The van der Waals surface area contributed by atoms with Crippen LogP contribution in [0.3, 0.4) is 0 Å². The largest absolute Gasteiger partial charge is 0.493 e. The van der Waals surface area contributed by atoms with E-state index in [-0.39, 0.29) is 22.6 Å². The lowest BCUT2D eigenvalue weighted by atomic mass is 10.0. The van der Waals surface area contributed by atoms with E-state index in [0.29, 0.717) is 27.2 Å². The molecule has 2 aromatic carbocycles. The number of halogens is 4. The predicted octanol–water partition coefficient (Wildman–Crippen LogP) is 6.19. The van der Waals surface area contributed by atoms with E-state index in [1.165, 1.54) is 13.2 Å². The van der Waals surface area contributed by atoms with Crippen molar-refractivity contribution in [2.24, 2.45) is 0 Å². The minimum Gasteiger partial charge on any atom is -0.493 e. The molecule has 3 heterocycles. The van der Waals surface area contributed by atoms with E-state index in [1.807, 2.05) is 12.1 Å². The number of ether oxygens (including phenoxy) is 2. The van der Waals surface area contributed by atoms with E-state index in [9.17, 15) is 27.2 Å². The number of benzene rings is 2. The number of aromatic nitrogens is 3. The molecule has 0 spiro atoms. The molecule has 0 bridgehead atoms. The highest BCUT2D eigenvalue weighted by Crippen LogP contribution is 2.35. The molecular weight excluding hydrogens is 594 g/mol. The van der Waals surface area contributed by atoms with Gasteiger partial charge in [-0.25, -0.2) is 9.97 Å². The van der Waals surface area contributed by atoms with E-state index >= 15 is 0 Å². The first-order valence-corrected chi connectivity index (χ1v) is 13.3. The standard InChI is InChI=1S/C32H25F4N5O4/c1-44-26-9-5-19(12-27(26)45-2)21-11-23(30(37)39-14-21)18-3-7-22(8-4-18)40-31(43)25-16-41(17-32(34,35)36)15-24(29(25)42)20-6-10-28(33)38-13-20/h3-16H,17H2,1-2H3,(H2,37,39)(H,40,43). The third kappa shape index (κ3) is 6.93. The number of nitrogens with one attached hydrogen (secondary N) is 1. The van der Waals surface area contributed by atoms with Gasteiger partial charge in [0.15, 0.2) is 11.5 Å². The molecule has 1 amide bonds. The van der Waals surface area contributed by atoms with Gasteiger partial charge in [0.25, 0.3) is 5.91 Å². The molecule has 3 aromatic heterocycles. The number of carbonyl (C=O) groups excluding carboxylic acids is 1. The number of hydrogen-bond acceptors (Lipinski definition) is 7. The minimum absolute atomic E-state index is 0.0536. The zero-order valence-corrected chi connectivity index (χ0v) is 23.9. The number of methoxy groups -OCH3 is 2. The van der Waals surface area contributed by atoms with Crippen LogP contribution in [0.15, 0.2) is 90.2 Å². The van der Waals surface area contributed by atoms with Crippen LogP contribution in [0.25, 0.3) is 33.4 Å². The summed E-state index contributed by atoms with van der Waals surface area (Å²) in [5.74, 6) is -0.401. The quantitative estimate of drug-likeness (QED) is 0.157. The molecule has 13 heteroatoms. The van der Waals surface area contributed by atoms with Crippen LogP contribution in [0.2, 0.25) is 0 Å². The highest BCUT2D eigenvalue weighted by molar-refractivity contribution is 6.04. The van der Waals surface area contributed by atoms with Crippen LogP contribution in [-0.2, 0) is 6.54 Å². The van der Waals surface area contributed by atoms with Crippen molar-refractivity contribution in [2.45, 2.75) is 12.7 Å². The van der Waals surface area contributed by atoms with Gasteiger partial charge in [-0.15, -0.1) is 0 Å². The van der Waals surface area contributed by atoms with Crippen molar-refractivity contribution in [3.63, 3.8) is 0 Å². The number of nitrogen functional groups attached to an aromatic ring is 1. The first kappa shape index (κ1) is 30.7. The monoisotopic (exact) mass is 619 g/mol. The summed E-state index contributed by atoms with van der Waals surface area (Å²) in [5.41, 5.74) is 7.69. The lowest BCUT2D eigenvalue weighted by Gasteiger charge is -2.14. The first-order valence-electron chi connectivity index (χ1n) is 13.3. The molecule has 0 aliphatic rings. The number of carbonyl (C=O) groups is 1. The second-order valence-electron chi connectivity index (χ2n) is 9.83. The van der Waals surface area contributed by atoms with Gasteiger partial charge in [-0.3, -0.25) is 9.59 Å². The van der Waals surface area contributed by atoms with E-state index in [4.69, 9.17) is 15.2 Å². The summed E-state index contributed by atoms with van der Waals surface area (Å²) < 4.78 is 64.4. The first-order chi connectivity index (χ1) is 21.5. The highest BCUT2D eigenvalue weighted by Gasteiger charge is 2.29. The lowest BCUT2D eigenvalue weighted by molar-refractivity contribution is -0.140. The van der Waals surface area contributed by atoms with Crippen molar-refractivity contribution in [3.8, 4) is 44.9 Å². The van der Waals surface area contributed by atoms with Gasteiger partial charge >= 0.3 is 6.18 Å². The Morgan fingerprint density at radius 1 is 0.844 bits per heavy atom. The molecule has 0 unspecified atom stereocenters. The second-order valence-corrected chi connectivity index (χ2v) is 9.83. The van der Waals surface area contributed by atoms with E-state index < -0.39 is 35.6 Å². The zero-order valence-electron chi connectivity index (χ0n) is 23.9. The number of rotatable bonds is 8. The van der Waals surface area contributed by atoms with E-state index in [1.54, 1.807) is 49.7 Å². The number of hydrogen-bond donors (Lipinski definition) is 2. The summed E-state index contributed by atoms with van der Waals surface area (Å²) in [6, 6.07) is 15.9. The van der Waals surface area contributed by atoms with Crippen LogP contribution >= 0.6 is 0 Å². The fourth-order valence-electron chi connectivity index (χ4n) is 4.64. The summed E-state index contributed by atoms with van der Waals surface area (Å²) >= 11 is 0. The van der Waals surface area contributed by atoms with Crippen LogP contribution in [0.1, 0.15) is 10.4 Å². The molecule has 230 valence electrons. The van der Waals surface area contributed by atoms with E-state index in [2.05, 4.69) is 15.3 Å². The number of pyridine rings is 3. The second kappa shape index (κ2) is 12.5. The van der Waals surface area contributed by atoms with E-state index in [0.717, 1.165) is 35.8 Å². The maximum absolute atomic E-state index is 13.3. The van der Waals surface area contributed by atoms with Crippen molar-refractivity contribution in [3.05, 3.63) is 107 Å². The molecule has 0 atom stereocenters. The SMILES string of the molecule is COc1ccc(-c2cnc(N)c(-c3ccc(NC(=O)c4cn(CC(F)(F)F)cc(-c5ccc(F)nc5)c4=O)cc3)c2)cc1OC. The molecule has 0 saturated carbocycles. The highest BCUT2D eigenvalue weighted by atomic mass is 19.4. The van der Waals surface area contributed by atoms with Gasteiger partial charge in [0.1, 0.15) is 17.9 Å². The summed E-state index contributed by atoms with van der Waals surface area (Å²) in [7, 11) is 3.07. The van der Waals surface area contributed by atoms with Crippen molar-refractivity contribution in [1.82, 2.24) is 14.5 Å². The number of amides is 1. The molecule has 9 nitrogen and oxygen atoms in total. The summed E-state index contributed by atoms with van der Waals surface area (Å²) in [4.78, 5) is 34.1. The Balaban J connectivity index is 1.43. The molecule has 5 aromatic rings. The predicted molar refractivity (Wildman–Crippen MR) is 161 cm³/mol. The number of nitrogens with two attached hydrogens (primary N) is 1. The number of anilines is 2. The van der Waals surface area contributed by atoms with Gasteiger partial charge in [-0.2, -0.15) is 17.6 Å². The third-order valence-corrected chi connectivity index (χ3v) is 6.81. The van der Waals surface area contributed by atoms with Crippen LogP contribution < -0.4 is 26.0 Å². The normalized spacial score (nSPS) is 11.2. The number of nitrogens with zero attached hydrogens (tertiary/aromatic N) is 3. The van der Waals surface area contributed by atoms with Gasteiger partial charge in [-0.1, -0.05) is 18.2 Å². The lowest BCUT2D eigenvalue weighted by Crippen LogP contribution is -2.27. The average molecular weight is 620 g/mol. The topological polar surface area (TPSA) is 121 Å². The van der Waals surface area contributed by atoms with Crippen LogP contribution in [0.4, 0.5) is 29.1 Å². The van der Waals surface area contributed by atoms with Crippen molar-refractivity contribution in [1.29, 1.82) is 0 Å². The van der Waals surface area contributed by atoms with Crippen molar-refractivity contribution < 1.29 is 31.8 Å². The molecule has 5 rings (SSSR count). The fourth-order valence-corrected chi connectivity index (χ4v) is 4.64. The summed E-state index contributed by atoms with van der Waals surface area (Å²) in [6.45, 7) is -1.46. The molecule has 45 heavy (non-hydrogen) atoms. The maximum Gasteiger partial charge on any atom is 0.406 e. The number of alkyl halides is 3. The Kier molecular flexibility index (Phi) is 8.52. The Hall–Kier alpha value is -5.72. The third-order valence-electron chi connectivity index (χ3n) is 6.81.